The third-order valence-corrected chi connectivity index (χ3v) is 4.91. The van der Waals surface area contributed by atoms with E-state index in [0.717, 1.165) is 10.4 Å². The van der Waals surface area contributed by atoms with E-state index in [-0.39, 0.29) is 0 Å². The Hall–Kier alpha value is -0.803. The Kier molecular flexibility index (Phi) is 3.66. The number of rotatable bonds is 2. The average molecular weight is 269 g/mol. The standard InChI is InChI=1S/C12H10Cl2OSi/c13-9-1-5-11(6-2-9)16(15)12-7-3-10(14)4-8-12/h1-8,15-16H. The lowest BCUT2D eigenvalue weighted by molar-refractivity contribution is 0.600. The Labute approximate surface area is 106 Å². The van der Waals surface area contributed by atoms with Crippen molar-refractivity contribution in [1.82, 2.24) is 0 Å². The molecule has 0 unspecified atom stereocenters. The third kappa shape index (κ3) is 2.65. The molecule has 0 aliphatic rings. The summed E-state index contributed by atoms with van der Waals surface area (Å²) in [6.45, 7) is 0. The molecule has 2 aromatic carbocycles. The molecule has 0 spiro atoms. The van der Waals surface area contributed by atoms with Crippen LogP contribution in [0.3, 0.4) is 0 Å². The molecule has 1 N–H and O–H groups in total. The van der Waals surface area contributed by atoms with Crippen molar-refractivity contribution >= 4 is 42.6 Å². The molecule has 0 saturated carbocycles. The summed E-state index contributed by atoms with van der Waals surface area (Å²) in [6.07, 6.45) is 0. The number of halogens is 2. The summed E-state index contributed by atoms with van der Waals surface area (Å²) in [5.74, 6) is 0. The number of benzene rings is 2. The molecule has 0 heterocycles. The van der Waals surface area contributed by atoms with Gasteiger partial charge in [0.05, 0.1) is 0 Å². The maximum Gasteiger partial charge on any atom is 0.236 e. The molecule has 0 bridgehead atoms. The van der Waals surface area contributed by atoms with Crippen LogP contribution in [-0.4, -0.2) is 13.8 Å². The van der Waals surface area contributed by atoms with Gasteiger partial charge in [-0.25, -0.2) is 0 Å². The highest BCUT2D eigenvalue weighted by Gasteiger charge is 2.12. The highest BCUT2D eigenvalue weighted by atomic mass is 35.5. The van der Waals surface area contributed by atoms with E-state index in [4.69, 9.17) is 23.2 Å². The number of hydrogen-bond acceptors (Lipinski definition) is 1. The van der Waals surface area contributed by atoms with Crippen molar-refractivity contribution in [3.63, 3.8) is 0 Å². The fourth-order valence-electron chi connectivity index (χ4n) is 1.48. The third-order valence-electron chi connectivity index (χ3n) is 2.37. The maximum atomic E-state index is 10.2. The van der Waals surface area contributed by atoms with Crippen LogP contribution in [0.5, 0.6) is 0 Å². The Balaban J connectivity index is 2.28. The molecule has 0 atom stereocenters. The summed E-state index contributed by atoms with van der Waals surface area (Å²) in [7, 11) is -2.08. The smallest absolute Gasteiger partial charge is 0.236 e. The fraction of sp³-hybridized carbons (Fsp3) is 0. The molecule has 16 heavy (non-hydrogen) atoms. The van der Waals surface area contributed by atoms with E-state index in [9.17, 15) is 4.80 Å². The van der Waals surface area contributed by atoms with Crippen LogP contribution >= 0.6 is 23.2 Å². The van der Waals surface area contributed by atoms with Crippen molar-refractivity contribution < 1.29 is 4.80 Å². The van der Waals surface area contributed by atoms with E-state index in [1.807, 2.05) is 24.3 Å². The Morgan fingerprint density at radius 3 is 1.31 bits per heavy atom. The van der Waals surface area contributed by atoms with Gasteiger partial charge in [0.2, 0.25) is 9.04 Å². The van der Waals surface area contributed by atoms with Gasteiger partial charge < -0.3 is 4.80 Å². The first kappa shape index (κ1) is 11.7. The SMILES string of the molecule is O[SiH](c1ccc(Cl)cc1)c1ccc(Cl)cc1. The lowest BCUT2D eigenvalue weighted by Crippen LogP contribution is -2.42. The summed E-state index contributed by atoms with van der Waals surface area (Å²) in [4.78, 5) is 10.2. The molecule has 2 aromatic rings. The molecule has 0 radical (unpaired) electrons. The highest BCUT2D eigenvalue weighted by Crippen LogP contribution is 2.06. The van der Waals surface area contributed by atoms with Gasteiger partial charge in [-0.3, -0.25) is 0 Å². The van der Waals surface area contributed by atoms with Gasteiger partial charge in [0, 0.05) is 10.0 Å². The zero-order valence-corrected chi connectivity index (χ0v) is 11.1. The van der Waals surface area contributed by atoms with E-state index in [2.05, 4.69) is 0 Å². The Bertz CT molecular complexity index is 422. The monoisotopic (exact) mass is 268 g/mol. The fourth-order valence-corrected chi connectivity index (χ4v) is 3.23. The van der Waals surface area contributed by atoms with Gasteiger partial charge in [-0.15, -0.1) is 0 Å². The lowest BCUT2D eigenvalue weighted by atomic mass is 10.4. The molecular weight excluding hydrogens is 259 g/mol. The molecule has 2 rings (SSSR count). The second-order valence-corrected chi connectivity index (χ2v) is 6.52. The van der Waals surface area contributed by atoms with E-state index >= 15 is 0 Å². The first-order chi connectivity index (χ1) is 7.66. The Morgan fingerprint density at radius 2 is 1.00 bits per heavy atom. The molecule has 0 aliphatic carbocycles. The van der Waals surface area contributed by atoms with E-state index in [0.29, 0.717) is 10.0 Å². The predicted molar refractivity (Wildman–Crippen MR) is 71.5 cm³/mol. The molecule has 0 amide bonds. The van der Waals surface area contributed by atoms with Crippen molar-refractivity contribution in [3.8, 4) is 0 Å². The summed E-state index contributed by atoms with van der Waals surface area (Å²) in [5, 5.41) is 3.26. The van der Waals surface area contributed by atoms with Crippen molar-refractivity contribution in [1.29, 1.82) is 0 Å². The highest BCUT2D eigenvalue weighted by molar-refractivity contribution is 6.78. The molecule has 0 aromatic heterocycles. The van der Waals surface area contributed by atoms with Gasteiger partial charge in [-0.1, -0.05) is 47.5 Å². The van der Waals surface area contributed by atoms with Gasteiger partial charge in [0.15, 0.2) is 0 Å². The molecule has 0 aliphatic heterocycles. The zero-order valence-electron chi connectivity index (χ0n) is 8.40. The van der Waals surface area contributed by atoms with Gasteiger partial charge in [0.1, 0.15) is 0 Å². The second kappa shape index (κ2) is 5.02. The van der Waals surface area contributed by atoms with Crippen molar-refractivity contribution in [2.75, 3.05) is 0 Å². The summed E-state index contributed by atoms with van der Waals surface area (Å²) < 4.78 is 0. The minimum absolute atomic E-state index is 0.682. The molecule has 0 fully saturated rings. The summed E-state index contributed by atoms with van der Waals surface area (Å²) in [5.41, 5.74) is 0. The van der Waals surface area contributed by atoms with Gasteiger partial charge in [-0.2, -0.15) is 0 Å². The minimum atomic E-state index is -2.08. The lowest BCUT2D eigenvalue weighted by Gasteiger charge is -2.09. The first-order valence-corrected chi connectivity index (χ1v) is 7.28. The summed E-state index contributed by atoms with van der Waals surface area (Å²) >= 11 is 11.6. The van der Waals surface area contributed by atoms with E-state index in [1.54, 1.807) is 24.3 Å². The minimum Gasteiger partial charge on any atom is -0.426 e. The van der Waals surface area contributed by atoms with Crippen LogP contribution in [0.2, 0.25) is 10.0 Å². The van der Waals surface area contributed by atoms with Crippen LogP contribution in [0.4, 0.5) is 0 Å². The van der Waals surface area contributed by atoms with Gasteiger partial charge >= 0.3 is 0 Å². The zero-order chi connectivity index (χ0) is 11.5. The van der Waals surface area contributed by atoms with Gasteiger partial charge in [0.25, 0.3) is 0 Å². The maximum absolute atomic E-state index is 10.2. The van der Waals surface area contributed by atoms with Crippen molar-refractivity contribution in [2.24, 2.45) is 0 Å². The number of hydrogen-bond donors (Lipinski definition) is 1. The second-order valence-electron chi connectivity index (χ2n) is 3.51. The largest absolute Gasteiger partial charge is 0.426 e. The molecule has 1 nitrogen and oxygen atoms in total. The summed E-state index contributed by atoms with van der Waals surface area (Å²) in [6, 6.07) is 14.7. The molecule has 0 saturated heterocycles. The van der Waals surface area contributed by atoms with Crippen molar-refractivity contribution in [3.05, 3.63) is 58.6 Å². The van der Waals surface area contributed by atoms with Crippen molar-refractivity contribution in [2.45, 2.75) is 0 Å². The Morgan fingerprint density at radius 1 is 0.688 bits per heavy atom. The van der Waals surface area contributed by atoms with Crippen LogP contribution in [0.15, 0.2) is 48.5 Å². The van der Waals surface area contributed by atoms with E-state index < -0.39 is 9.04 Å². The van der Waals surface area contributed by atoms with Crippen LogP contribution < -0.4 is 10.4 Å². The normalized spacial score (nSPS) is 10.8. The predicted octanol–water partition coefficient (Wildman–Crippen LogP) is 1.82. The van der Waals surface area contributed by atoms with Crippen LogP contribution in [-0.2, 0) is 0 Å². The van der Waals surface area contributed by atoms with Gasteiger partial charge in [-0.05, 0) is 34.6 Å². The van der Waals surface area contributed by atoms with E-state index in [1.165, 1.54) is 0 Å². The van der Waals surface area contributed by atoms with Crippen LogP contribution in [0.25, 0.3) is 0 Å². The first-order valence-electron chi connectivity index (χ1n) is 4.86. The molecule has 82 valence electrons. The topological polar surface area (TPSA) is 20.2 Å². The van der Waals surface area contributed by atoms with Crippen LogP contribution in [0, 0.1) is 0 Å². The average Bonchev–Trinajstić information content (AvgIpc) is 2.30. The molecule has 4 heteroatoms. The molecular formula is C12H10Cl2OSi. The van der Waals surface area contributed by atoms with Crippen LogP contribution in [0.1, 0.15) is 0 Å². The quantitative estimate of drug-likeness (QED) is 0.825.